The fourth-order valence-electron chi connectivity index (χ4n) is 3.53. The van der Waals surface area contributed by atoms with Crippen LogP contribution < -0.4 is 5.32 Å². The van der Waals surface area contributed by atoms with Gasteiger partial charge in [-0.3, -0.25) is 9.59 Å². The van der Waals surface area contributed by atoms with Crippen LogP contribution in [0.2, 0.25) is 0 Å². The Morgan fingerprint density at radius 3 is 2.48 bits per heavy atom. The predicted octanol–water partition coefficient (Wildman–Crippen LogP) is 2.11. The summed E-state index contributed by atoms with van der Waals surface area (Å²) in [5, 5.41) is 2.78. The maximum Gasteiger partial charge on any atom is 0.409 e. The summed E-state index contributed by atoms with van der Waals surface area (Å²) < 4.78 is 4.99. The molecule has 0 unspecified atom stereocenters. The Hall–Kier alpha value is -3.29. The zero-order chi connectivity index (χ0) is 22.1. The molecule has 31 heavy (non-hydrogen) atoms. The lowest BCUT2D eigenvalue weighted by Crippen LogP contribution is -2.48. The predicted molar refractivity (Wildman–Crippen MR) is 114 cm³/mol. The summed E-state index contributed by atoms with van der Waals surface area (Å²) in [5.41, 5.74) is 2.59. The van der Waals surface area contributed by atoms with Crippen LogP contribution in [0.15, 0.2) is 42.7 Å². The number of aromatic nitrogens is 2. The van der Waals surface area contributed by atoms with Gasteiger partial charge in [0.1, 0.15) is 6.33 Å². The van der Waals surface area contributed by atoms with Crippen molar-refractivity contribution < 1.29 is 19.1 Å². The second-order valence-electron chi connectivity index (χ2n) is 7.52. The summed E-state index contributed by atoms with van der Waals surface area (Å²) in [6.07, 6.45) is 3.80. The van der Waals surface area contributed by atoms with Gasteiger partial charge in [-0.1, -0.05) is 30.3 Å². The molecular formula is C23H28N4O4. The van der Waals surface area contributed by atoms with Crippen LogP contribution in [0.25, 0.3) is 0 Å². The van der Waals surface area contributed by atoms with Gasteiger partial charge in [0.05, 0.1) is 18.7 Å². The monoisotopic (exact) mass is 424 g/mol. The van der Waals surface area contributed by atoms with Crippen molar-refractivity contribution in [3.8, 4) is 0 Å². The Morgan fingerprint density at radius 2 is 1.77 bits per heavy atom. The molecule has 1 aliphatic heterocycles. The van der Waals surface area contributed by atoms with Crippen LogP contribution in [0, 0.1) is 0 Å². The van der Waals surface area contributed by atoms with E-state index in [1.165, 1.54) is 11.9 Å². The molecule has 164 valence electrons. The van der Waals surface area contributed by atoms with E-state index in [0.717, 1.165) is 18.5 Å². The van der Waals surface area contributed by atoms with Gasteiger partial charge >= 0.3 is 6.09 Å². The fraction of sp³-hybridized carbons (Fsp3) is 0.435. The Kier molecular flexibility index (Phi) is 8.09. The Morgan fingerprint density at radius 1 is 1.06 bits per heavy atom. The molecule has 0 atom stereocenters. The largest absolute Gasteiger partial charge is 0.450 e. The van der Waals surface area contributed by atoms with Crippen molar-refractivity contribution in [2.75, 3.05) is 19.7 Å². The van der Waals surface area contributed by atoms with Crippen molar-refractivity contribution >= 4 is 17.8 Å². The number of Topliss-reactive ketones (excluding diaryl/α,β-unsaturated/α-hetero) is 1. The Bertz CT molecular complexity index is 895. The van der Waals surface area contributed by atoms with Crippen molar-refractivity contribution in [3.05, 3.63) is 59.7 Å². The number of nitrogens with zero attached hydrogens (tertiary/aromatic N) is 3. The molecule has 1 aromatic carbocycles. The number of carbonyl (C=O) groups excluding carboxylic acids is 3. The molecule has 1 saturated heterocycles. The number of likely N-dealkylation sites (tertiary alicyclic amines) is 1. The molecule has 2 aromatic rings. The normalized spacial score (nSPS) is 14.2. The average molecular weight is 425 g/mol. The van der Waals surface area contributed by atoms with E-state index < -0.39 is 11.7 Å². The molecule has 3 rings (SSSR count). The number of ether oxygens (including phenoxy) is 1. The average Bonchev–Trinajstić information content (AvgIpc) is 2.79. The summed E-state index contributed by atoms with van der Waals surface area (Å²) in [6, 6.07) is 11.8. The smallest absolute Gasteiger partial charge is 0.409 e. The zero-order valence-corrected chi connectivity index (χ0v) is 17.8. The van der Waals surface area contributed by atoms with Crippen molar-refractivity contribution in [1.29, 1.82) is 0 Å². The van der Waals surface area contributed by atoms with Crippen LogP contribution in [0.1, 0.15) is 36.7 Å². The number of piperidine rings is 1. The van der Waals surface area contributed by atoms with Gasteiger partial charge in [-0.2, -0.15) is 0 Å². The van der Waals surface area contributed by atoms with Crippen molar-refractivity contribution in [1.82, 2.24) is 20.2 Å². The van der Waals surface area contributed by atoms with Gasteiger partial charge in [-0.25, -0.2) is 14.8 Å². The topological polar surface area (TPSA) is 101 Å². The van der Waals surface area contributed by atoms with E-state index in [1.807, 2.05) is 18.2 Å². The minimum Gasteiger partial charge on any atom is -0.450 e. The Labute approximate surface area is 182 Å². The quantitative estimate of drug-likeness (QED) is 0.652. The van der Waals surface area contributed by atoms with Crippen LogP contribution in [0.3, 0.4) is 0 Å². The highest BCUT2D eigenvalue weighted by molar-refractivity contribution is 6.36. The van der Waals surface area contributed by atoms with Gasteiger partial charge in [0.25, 0.3) is 5.91 Å². The molecule has 1 N–H and O–H groups in total. The lowest BCUT2D eigenvalue weighted by molar-refractivity contribution is -0.138. The van der Waals surface area contributed by atoms with Gasteiger partial charge in [-0.15, -0.1) is 0 Å². The van der Waals surface area contributed by atoms with E-state index in [0.29, 0.717) is 38.2 Å². The third-order valence-corrected chi connectivity index (χ3v) is 5.24. The zero-order valence-electron chi connectivity index (χ0n) is 17.8. The molecule has 0 aliphatic carbocycles. The van der Waals surface area contributed by atoms with E-state index in [2.05, 4.69) is 27.4 Å². The second-order valence-corrected chi connectivity index (χ2v) is 7.52. The summed E-state index contributed by atoms with van der Waals surface area (Å²) in [4.78, 5) is 46.5. The lowest BCUT2D eigenvalue weighted by Gasteiger charge is -2.31. The molecule has 8 heteroatoms. The fourth-order valence-corrected chi connectivity index (χ4v) is 3.53. The Balaban J connectivity index is 1.45. The van der Waals surface area contributed by atoms with E-state index >= 15 is 0 Å². The van der Waals surface area contributed by atoms with Crippen molar-refractivity contribution in [3.63, 3.8) is 0 Å². The molecule has 1 aliphatic rings. The first-order valence-corrected chi connectivity index (χ1v) is 10.6. The maximum atomic E-state index is 12.4. The van der Waals surface area contributed by atoms with Gasteiger partial charge in [-0.05, 0) is 44.2 Å². The van der Waals surface area contributed by atoms with E-state index in [9.17, 15) is 14.4 Å². The van der Waals surface area contributed by atoms with Gasteiger partial charge < -0.3 is 15.0 Å². The number of aryl methyl sites for hydroxylation is 2. The van der Waals surface area contributed by atoms with Crippen LogP contribution in [0.5, 0.6) is 0 Å². The first-order chi connectivity index (χ1) is 15.0. The highest BCUT2D eigenvalue weighted by atomic mass is 16.6. The van der Waals surface area contributed by atoms with Crippen LogP contribution >= 0.6 is 0 Å². The summed E-state index contributed by atoms with van der Waals surface area (Å²) >= 11 is 0. The van der Waals surface area contributed by atoms with Gasteiger partial charge in [0.15, 0.2) is 0 Å². The third-order valence-electron chi connectivity index (χ3n) is 5.24. The number of benzene rings is 1. The minimum atomic E-state index is -0.612. The number of nitrogens with one attached hydrogen (secondary N) is 1. The molecule has 0 radical (unpaired) electrons. The third kappa shape index (κ3) is 6.87. The number of ketones is 1. The number of rotatable bonds is 8. The molecule has 2 heterocycles. The second kappa shape index (κ2) is 11.2. The van der Waals surface area contributed by atoms with Crippen molar-refractivity contribution in [2.24, 2.45) is 0 Å². The van der Waals surface area contributed by atoms with Crippen LogP contribution in [0.4, 0.5) is 4.79 Å². The van der Waals surface area contributed by atoms with Crippen LogP contribution in [-0.2, 0) is 33.6 Å². The first-order valence-electron chi connectivity index (χ1n) is 10.6. The maximum absolute atomic E-state index is 12.4. The molecule has 2 amide bonds. The first kappa shape index (κ1) is 22.4. The summed E-state index contributed by atoms with van der Waals surface area (Å²) in [5.74, 6) is -1.14. The summed E-state index contributed by atoms with van der Waals surface area (Å²) in [7, 11) is 0. The molecule has 1 fully saturated rings. The number of hydrogen-bond acceptors (Lipinski definition) is 6. The molecule has 0 bridgehead atoms. The molecule has 0 saturated carbocycles. The van der Waals surface area contributed by atoms with Crippen molar-refractivity contribution in [2.45, 2.75) is 45.1 Å². The molecule has 8 nitrogen and oxygen atoms in total. The number of carbonyl (C=O) groups is 3. The molecule has 1 aromatic heterocycles. The SMILES string of the molecule is CCOC(=O)N1CCC(NC(=O)C(=O)Cc2cc(CCc3ccccc3)ncn2)CC1. The standard InChI is InChI=1S/C23H28N4O4/c1-2-31-23(30)27-12-10-18(11-13-27)26-22(29)21(28)15-20-14-19(24-16-25-20)9-8-17-6-4-3-5-7-17/h3-7,14,16,18H,2,8-13,15H2,1H3,(H,26,29). The van der Waals surface area contributed by atoms with Gasteiger partial charge in [0.2, 0.25) is 5.78 Å². The number of amides is 2. The molecular weight excluding hydrogens is 396 g/mol. The van der Waals surface area contributed by atoms with E-state index in [-0.39, 0.29) is 18.6 Å². The van der Waals surface area contributed by atoms with Crippen LogP contribution in [-0.4, -0.2) is 58.4 Å². The van der Waals surface area contributed by atoms with E-state index in [4.69, 9.17) is 4.74 Å². The minimum absolute atomic E-state index is 0.0611. The number of hydrogen-bond donors (Lipinski definition) is 1. The highest BCUT2D eigenvalue weighted by Gasteiger charge is 2.26. The highest BCUT2D eigenvalue weighted by Crippen LogP contribution is 2.12. The van der Waals surface area contributed by atoms with Gasteiger partial charge in [0, 0.05) is 24.8 Å². The summed E-state index contributed by atoms with van der Waals surface area (Å²) in [6.45, 7) is 3.09. The van der Waals surface area contributed by atoms with E-state index in [1.54, 1.807) is 17.9 Å². The molecule has 0 spiro atoms. The lowest BCUT2D eigenvalue weighted by atomic mass is 10.0.